The van der Waals surface area contributed by atoms with Gasteiger partial charge in [-0.05, 0) is 58.6 Å². The van der Waals surface area contributed by atoms with Gasteiger partial charge in [0.1, 0.15) is 0 Å². The summed E-state index contributed by atoms with van der Waals surface area (Å²) < 4.78 is 0. The summed E-state index contributed by atoms with van der Waals surface area (Å²) in [5.41, 5.74) is 0. The summed E-state index contributed by atoms with van der Waals surface area (Å²) in [6, 6.07) is -0.944. The molecule has 0 radical (unpaired) electrons. The van der Waals surface area contributed by atoms with Crippen LogP contribution in [0.1, 0.15) is 53.4 Å². The molecule has 0 aliphatic rings. The summed E-state index contributed by atoms with van der Waals surface area (Å²) in [4.78, 5) is 47.3. The zero-order chi connectivity index (χ0) is 21.5. The van der Waals surface area contributed by atoms with Crippen LogP contribution in [-0.4, -0.2) is 55.7 Å². The van der Waals surface area contributed by atoms with Crippen LogP contribution in [0.4, 0.5) is 0 Å². The molecule has 0 heterocycles. The Kier molecular flexibility index (Phi) is 13.6. The number of hydrogen-bond donors (Lipinski definition) is 4. The van der Waals surface area contributed by atoms with E-state index < -0.39 is 11.9 Å². The number of likely N-dealkylation sites (N-methyl/N-ethyl adjacent to an activating group) is 1. The summed E-state index contributed by atoms with van der Waals surface area (Å²) in [7, 11) is 1.71. The third-order valence-corrected chi connectivity index (χ3v) is 4.16. The molecule has 0 aliphatic heterocycles. The molecular weight excluding hydrogens is 360 g/mol. The molecule has 4 N–H and O–H groups in total. The molecule has 8 heteroatoms. The normalized spacial score (nSPS) is 13.2. The molecule has 0 saturated heterocycles. The minimum absolute atomic E-state index is 0.134. The number of allylic oxidation sites excluding steroid dienone is 1. The lowest BCUT2D eigenvalue weighted by atomic mass is 10.0. The second kappa shape index (κ2) is 14.8. The van der Waals surface area contributed by atoms with Crippen molar-refractivity contribution in [2.24, 2.45) is 5.92 Å². The van der Waals surface area contributed by atoms with Crippen LogP contribution in [0.25, 0.3) is 0 Å². The van der Waals surface area contributed by atoms with E-state index in [0.717, 1.165) is 0 Å². The molecule has 0 aliphatic carbocycles. The summed E-state index contributed by atoms with van der Waals surface area (Å²) >= 11 is 0. The predicted molar refractivity (Wildman–Crippen MR) is 110 cm³/mol. The predicted octanol–water partition coefficient (Wildman–Crippen LogP) is 0.673. The zero-order valence-electron chi connectivity index (χ0n) is 17.8. The van der Waals surface area contributed by atoms with E-state index in [1.807, 2.05) is 13.8 Å². The molecule has 160 valence electrons. The van der Waals surface area contributed by atoms with Crippen LogP contribution in [0.15, 0.2) is 12.2 Å². The Labute approximate surface area is 168 Å². The van der Waals surface area contributed by atoms with Gasteiger partial charge in [0.05, 0.1) is 18.6 Å². The number of carbonyl (C=O) groups excluding carboxylic acids is 4. The van der Waals surface area contributed by atoms with Crippen molar-refractivity contribution in [1.82, 2.24) is 21.3 Å². The third-order valence-electron chi connectivity index (χ3n) is 4.16. The molecule has 0 aromatic heterocycles. The van der Waals surface area contributed by atoms with Crippen molar-refractivity contribution in [1.29, 1.82) is 0 Å². The molecule has 0 fully saturated rings. The van der Waals surface area contributed by atoms with Gasteiger partial charge in [0.25, 0.3) is 0 Å². The zero-order valence-corrected chi connectivity index (χ0v) is 17.8. The molecule has 28 heavy (non-hydrogen) atoms. The molecule has 0 bridgehead atoms. The summed E-state index contributed by atoms with van der Waals surface area (Å²) in [5, 5.41) is 11.0. The van der Waals surface area contributed by atoms with Gasteiger partial charge in [-0.1, -0.05) is 19.9 Å². The Bertz CT molecular complexity index is 546. The number of nitrogens with one attached hydrogen (secondary N) is 4. The highest BCUT2D eigenvalue weighted by atomic mass is 16.2. The van der Waals surface area contributed by atoms with Crippen molar-refractivity contribution in [2.45, 2.75) is 65.5 Å². The molecule has 0 unspecified atom stereocenters. The molecule has 0 saturated carbocycles. The first-order valence-corrected chi connectivity index (χ1v) is 9.86. The fourth-order valence-corrected chi connectivity index (χ4v) is 2.64. The number of carbonyl (C=O) groups is 4. The van der Waals surface area contributed by atoms with E-state index in [4.69, 9.17) is 0 Å². The van der Waals surface area contributed by atoms with Crippen molar-refractivity contribution in [2.75, 3.05) is 20.1 Å². The fourth-order valence-electron chi connectivity index (χ4n) is 2.64. The number of unbranched alkanes of at least 4 members (excludes halogenated alkanes) is 1. The van der Waals surface area contributed by atoms with Crippen molar-refractivity contribution in [3.05, 3.63) is 12.2 Å². The lowest BCUT2D eigenvalue weighted by molar-refractivity contribution is -0.129. The van der Waals surface area contributed by atoms with Gasteiger partial charge in [0, 0.05) is 6.54 Å². The topological polar surface area (TPSA) is 116 Å². The number of amides is 3. The maximum absolute atomic E-state index is 12.1. The van der Waals surface area contributed by atoms with Gasteiger partial charge in [-0.2, -0.15) is 0 Å². The SMILES string of the molecule is C/C=C/C(=O)NCCCC[C@H](NC(=O)CNC(=O)[C@H](CC(C)C)NC)C(C)=O. The fraction of sp³-hybridized carbons (Fsp3) is 0.700. The van der Waals surface area contributed by atoms with E-state index in [1.54, 1.807) is 20.0 Å². The van der Waals surface area contributed by atoms with E-state index >= 15 is 0 Å². The highest BCUT2D eigenvalue weighted by Gasteiger charge is 2.20. The van der Waals surface area contributed by atoms with E-state index in [2.05, 4.69) is 21.3 Å². The highest BCUT2D eigenvalue weighted by Crippen LogP contribution is 2.04. The molecule has 2 atom stereocenters. The monoisotopic (exact) mass is 396 g/mol. The molecule has 0 spiro atoms. The molecule has 0 aromatic rings. The van der Waals surface area contributed by atoms with E-state index in [1.165, 1.54) is 13.0 Å². The van der Waals surface area contributed by atoms with Crippen LogP contribution in [0.5, 0.6) is 0 Å². The third kappa shape index (κ3) is 12.2. The van der Waals surface area contributed by atoms with Gasteiger partial charge in [-0.3, -0.25) is 19.2 Å². The molecular formula is C20H36N4O4. The summed E-state index contributed by atoms with van der Waals surface area (Å²) in [6.45, 7) is 7.58. The van der Waals surface area contributed by atoms with Crippen LogP contribution >= 0.6 is 0 Å². The maximum Gasteiger partial charge on any atom is 0.243 e. The van der Waals surface area contributed by atoms with Crippen molar-refractivity contribution in [3.8, 4) is 0 Å². The van der Waals surface area contributed by atoms with Crippen LogP contribution in [0.3, 0.4) is 0 Å². The van der Waals surface area contributed by atoms with Crippen molar-refractivity contribution in [3.63, 3.8) is 0 Å². The Hall–Kier alpha value is -2.22. The van der Waals surface area contributed by atoms with Gasteiger partial charge < -0.3 is 21.3 Å². The van der Waals surface area contributed by atoms with Crippen LogP contribution in [0, 0.1) is 5.92 Å². The number of hydrogen-bond acceptors (Lipinski definition) is 5. The lowest BCUT2D eigenvalue weighted by Gasteiger charge is -2.19. The first-order valence-electron chi connectivity index (χ1n) is 9.86. The van der Waals surface area contributed by atoms with Gasteiger partial charge in [-0.25, -0.2) is 0 Å². The van der Waals surface area contributed by atoms with Gasteiger partial charge in [0.15, 0.2) is 5.78 Å². The second-order valence-electron chi connectivity index (χ2n) is 7.21. The van der Waals surface area contributed by atoms with E-state index in [9.17, 15) is 19.2 Å². The molecule has 8 nitrogen and oxygen atoms in total. The van der Waals surface area contributed by atoms with Crippen LogP contribution in [0.2, 0.25) is 0 Å². The standard InChI is InChI=1S/C20H36N4O4/c1-6-9-18(26)22-11-8-7-10-16(15(4)25)24-19(27)13-23-20(28)17(21-5)12-14(2)3/h6,9,14,16-17,21H,7-8,10-13H2,1-5H3,(H,22,26)(H,23,28)(H,24,27)/b9-6+/t16-,17-/m0/s1. The number of Topliss-reactive ketones (excluding diaryl/α,β-unsaturated/α-hetero) is 1. The Balaban J connectivity index is 4.27. The molecule has 0 aromatic carbocycles. The minimum atomic E-state index is -0.591. The average molecular weight is 397 g/mol. The Morgan fingerprint density at radius 1 is 1.00 bits per heavy atom. The summed E-state index contributed by atoms with van der Waals surface area (Å²) in [5.74, 6) is -0.559. The Morgan fingerprint density at radius 3 is 2.21 bits per heavy atom. The molecule has 0 rings (SSSR count). The molecule has 3 amide bonds. The lowest BCUT2D eigenvalue weighted by Crippen LogP contribution is -2.49. The van der Waals surface area contributed by atoms with Gasteiger partial charge in [-0.15, -0.1) is 0 Å². The van der Waals surface area contributed by atoms with E-state index in [0.29, 0.717) is 38.1 Å². The van der Waals surface area contributed by atoms with Crippen molar-refractivity contribution < 1.29 is 19.2 Å². The smallest absolute Gasteiger partial charge is 0.243 e. The van der Waals surface area contributed by atoms with Gasteiger partial charge >= 0.3 is 0 Å². The Morgan fingerprint density at radius 2 is 1.68 bits per heavy atom. The average Bonchev–Trinajstić information content (AvgIpc) is 2.62. The number of rotatable bonds is 14. The minimum Gasteiger partial charge on any atom is -0.353 e. The highest BCUT2D eigenvalue weighted by molar-refractivity contribution is 5.91. The van der Waals surface area contributed by atoms with E-state index in [-0.39, 0.29) is 30.2 Å². The van der Waals surface area contributed by atoms with Gasteiger partial charge in [0.2, 0.25) is 17.7 Å². The first kappa shape index (κ1) is 25.8. The van der Waals surface area contributed by atoms with Crippen molar-refractivity contribution >= 4 is 23.5 Å². The van der Waals surface area contributed by atoms with Crippen LogP contribution in [-0.2, 0) is 19.2 Å². The largest absolute Gasteiger partial charge is 0.353 e. The maximum atomic E-state index is 12.1. The first-order chi connectivity index (χ1) is 13.2. The number of ketones is 1. The van der Waals surface area contributed by atoms with Crippen LogP contribution < -0.4 is 21.3 Å². The quantitative estimate of drug-likeness (QED) is 0.254. The summed E-state index contributed by atoms with van der Waals surface area (Å²) in [6.07, 6.45) is 5.66. The second-order valence-corrected chi connectivity index (χ2v) is 7.21.